The van der Waals surface area contributed by atoms with Crippen molar-refractivity contribution in [3.63, 3.8) is 0 Å². The molecule has 1 aliphatic rings. The molecule has 0 saturated carbocycles. The maximum atomic E-state index is 11.8. The van der Waals surface area contributed by atoms with Crippen LogP contribution in [-0.2, 0) is 19.1 Å². The number of esters is 2. The van der Waals surface area contributed by atoms with Gasteiger partial charge in [-0.3, -0.25) is 0 Å². The summed E-state index contributed by atoms with van der Waals surface area (Å²) in [4.78, 5) is 23.6. The summed E-state index contributed by atoms with van der Waals surface area (Å²) in [5.41, 5.74) is 1.56. The number of fused-ring (bicyclic) bond motifs is 1. The molecule has 0 bridgehead atoms. The van der Waals surface area contributed by atoms with E-state index in [0.29, 0.717) is 0 Å². The molecule has 2 heterocycles. The average molecular weight is 298 g/mol. The molecule has 2 aromatic rings. The number of cyclic esters (lactones) is 2. The maximum absolute atomic E-state index is 11.8. The van der Waals surface area contributed by atoms with Gasteiger partial charge in [0, 0.05) is 19.2 Å². The Morgan fingerprint density at radius 2 is 1.77 bits per heavy atom. The molecule has 3 rings (SSSR count). The van der Waals surface area contributed by atoms with Crippen LogP contribution in [0.4, 0.5) is 0 Å². The number of hydrogen-bond donors (Lipinski definition) is 0. The van der Waals surface area contributed by atoms with Gasteiger partial charge in [0.1, 0.15) is 11.2 Å². The van der Waals surface area contributed by atoms with E-state index in [1.54, 1.807) is 18.4 Å². The van der Waals surface area contributed by atoms with E-state index in [1.807, 2.05) is 24.3 Å². The molecule has 0 spiro atoms. The molecule has 1 aromatic heterocycles. The molecule has 1 fully saturated rings. The Kier molecular flexibility index (Phi) is 3.33. The summed E-state index contributed by atoms with van der Waals surface area (Å²) in [5, 5.41) is 0.951. The summed E-state index contributed by atoms with van der Waals surface area (Å²) in [7, 11) is 0. The lowest BCUT2D eigenvalue weighted by Crippen LogP contribution is -2.41. The molecule has 22 heavy (non-hydrogen) atoms. The number of carbonyl (C=O) groups excluding carboxylic acids is 2. The predicted molar refractivity (Wildman–Crippen MR) is 79.6 cm³/mol. The fraction of sp³-hybridized carbons (Fsp3) is 0.176. The topological polar surface area (TPSA) is 65.7 Å². The number of benzene rings is 1. The van der Waals surface area contributed by atoms with Gasteiger partial charge >= 0.3 is 11.9 Å². The number of rotatable bonds is 2. The Morgan fingerprint density at radius 1 is 1.05 bits per heavy atom. The zero-order valence-corrected chi connectivity index (χ0v) is 12.2. The molecule has 0 unspecified atom stereocenters. The van der Waals surface area contributed by atoms with Gasteiger partial charge < -0.3 is 13.9 Å². The van der Waals surface area contributed by atoms with Gasteiger partial charge in [0.25, 0.3) is 5.79 Å². The molecule has 112 valence electrons. The molecule has 0 atom stereocenters. The van der Waals surface area contributed by atoms with Crippen molar-refractivity contribution in [1.29, 1.82) is 0 Å². The summed E-state index contributed by atoms with van der Waals surface area (Å²) in [5.74, 6) is -2.60. The van der Waals surface area contributed by atoms with Crippen molar-refractivity contribution in [2.75, 3.05) is 0 Å². The summed E-state index contributed by atoms with van der Waals surface area (Å²) in [6.07, 6.45) is 6.39. The zero-order chi connectivity index (χ0) is 15.7. The summed E-state index contributed by atoms with van der Waals surface area (Å²) >= 11 is 0. The van der Waals surface area contributed by atoms with E-state index in [-0.39, 0.29) is 5.57 Å². The average Bonchev–Trinajstić information content (AvgIpc) is 2.89. The minimum absolute atomic E-state index is 0.130. The highest BCUT2D eigenvalue weighted by Crippen LogP contribution is 2.23. The second kappa shape index (κ2) is 5.18. The van der Waals surface area contributed by atoms with Crippen LogP contribution in [0.2, 0.25) is 0 Å². The summed E-state index contributed by atoms with van der Waals surface area (Å²) in [6.45, 7) is 3.02. The molecule has 0 amide bonds. The Labute approximate surface area is 126 Å². The number of carbonyl (C=O) groups is 2. The monoisotopic (exact) mass is 298 g/mol. The SMILES string of the molecule is CC1(C)OC(=O)C(=CC=Cc2cccc3occc23)C(=O)O1. The van der Waals surface area contributed by atoms with E-state index in [4.69, 9.17) is 13.9 Å². The molecule has 1 saturated heterocycles. The van der Waals surface area contributed by atoms with Crippen LogP contribution in [0, 0.1) is 0 Å². The van der Waals surface area contributed by atoms with Crippen LogP contribution in [0.3, 0.4) is 0 Å². The van der Waals surface area contributed by atoms with Crippen LogP contribution in [0.5, 0.6) is 0 Å². The van der Waals surface area contributed by atoms with Crippen LogP contribution in [0.25, 0.3) is 17.0 Å². The van der Waals surface area contributed by atoms with Crippen LogP contribution in [0.1, 0.15) is 19.4 Å². The van der Waals surface area contributed by atoms with Gasteiger partial charge in [-0.2, -0.15) is 0 Å². The van der Waals surface area contributed by atoms with E-state index >= 15 is 0 Å². The fourth-order valence-corrected chi connectivity index (χ4v) is 2.21. The van der Waals surface area contributed by atoms with Crippen molar-refractivity contribution in [3.05, 3.63) is 53.8 Å². The third-order valence-electron chi connectivity index (χ3n) is 3.19. The molecule has 1 aliphatic heterocycles. The largest absolute Gasteiger partial charge is 0.464 e. The van der Waals surface area contributed by atoms with E-state index in [0.717, 1.165) is 16.5 Å². The van der Waals surface area contributed by atoms with Crippen LogP contribution in [-0.4, -0.2) is 17.7 Å². The Balaban J connectivity index is 1.86. The van der Waals surface area contributed by atoms with Crippen LogP contribution >= 0.6 is 0 Å². The van der Waals surface area contributed by atoms with E-state index in [9.17, 15) is 9.59 Å². The highest BCUT2D eigenvalue weighted by Gasteiger charge is 2.38. The van der Waals surface area contributed by atoms with Gasteiger partial charge in [-0.05, 0) is 23.8 Å². The minimum atomic E-state index is -1.22. The second-order valence-electron chi connectivity index (χ2n) is 5.30. The molecule has 0 radical (unpaired) electrons. The first-order valence-electron chi connectivity index (χ1n) is 6.77. The summed E-state index contributed by atoms with van der Waals surface area (Å²) in [6, 6.07) is 7.49. The van der Waals surface area contributed by atoms with Crippen molar-refractivity contribution in [1.82, 2.24) is 0 Å². The van der Waals surface area contributed by atoms with Gasteiger partial charge in [0.2, 0.25) is 0 Å². The highest BCUT2D eigenvalue weighted by atomic mass is 16.7. The first kappa shape index (κ1) is 14.1. The second-order valence-corrected chi connectivity index (χ2v) is 5.30. The van der Waals surface area contributed by atoms with Crippen molar-refractivity contribution in [2.45, 2.75) is 19.6 Å². The normalized spacial score (nSPS) is 17.6. The number of ether oxygens (including phenoxy) is 2. The third-order valence-corrected chi connectivity index (χ3v) is 3.19. The van der Waals surface area contributed by atoms with Gasteiger partial charge in [-0.25, -0.2) is 9.59 Å². The molecular formula is C17H14O5. The standard InChI is InChI=1S/C17H14O5/c1-17(2)21-15(18)13(16(19)22-17)7-3-5-11-6-4-8-14-12(11)9-10-20-14/h3-10H,1-2H3. The van der Waals surface area contributed by atoms with Crippen molar-refractivity contribution >= 4 is 29.0 Å². The van der Waals surface area contributed by atoms with Crippen LogP contribution < -0.4 is 0 Å². The van der Waals surface area contributed by atoms with Gasteiger partial charge in [0.15, 0.2) is 0 Å². The maximum Gasteiger partial charge on any atom is 0.348 e. The zero-order valence-electron chi connectivity index (χ0n) is 12.2. The Hall–Kier alpha value is -2.82. The molecule has 1 aromatic carbocycles. The predicted octanol–water partition coefficient (Wildman–Crippen LogP) is 3.21. The third kappa shape index (κ3) is 2.65. The molecule has 0 aliphatic carbocycles. The van der Waals surface area contributed by atoms with E-state index in [1.165, 1.54) is 19.9 Å². The van der Waals surface area contributed by atoms with E-state index in [2.05, 4.69) is 0 Å². The number of furan rings is 1. The van der Waals surface area contributed by atoms with Crippen molar-refractivity contribution in [3.8, 4) is 0 Å². The molecule has 5 nitrogen and oxygen atoms in total. The van der Waals surface area contributed by atoms with E-state index < -0.39 is 17.7 Å². The smallest absolute Gasteiger partial charge is 0.348 e. The lowest BCUT2D eigenvalue weighted by Gasteiger charge is -2.29. The Morgan fingerprint density at radius 3 is 2.50 bits per heavy atom. The van der Waals surface area contributed by atoms with Crippen LogP contribution in [0.15, 0.2) is 52.7 Å². The number of allylic oxidation sites excluding steroid dienone is 2. The van der Waals surface area contributed by atoms with Crippen molar-refractivity contribution < 1.29 is 23.5 Å². The lowest BCUT2D eigenvalue weighted by molar-refractivity contribution is -0.222. The van der Waals surface area contributed by atoms with Gasteiger partial charge in [-0.1, -0.05) is 24.3 Å². The molecular weight excluding hydrogens is 284 g/mol. The van der Waals surface area contributed by atoms with Gasteiger partial charge in [0.05, 0.1) is 6.26 Å². The number of hydrogen-bond acceptors (Lipinski definition) is 5. The quantitative estimate of drug-likeness (QED) is 0.484. The molecule has 5 heteroatoms. The fourth-order valence-electron chi connectivity index (χ4n) is 2.21. The first-order valence-corrected chi connectivity index (χ1v) is 6.77. The Bertz CT molecular complexity index is 785. The van der Waals surface area contributed by atoms with Gasteiger partial charge in [-0.15, -0.1) is 0 Å². The van der Waals surface area contributed by atoms with Crippen molar-refractivity contribution in [2.24, 2.45) is 0 Å². The summed E-state index contributed by atoms with van der Waals surface area (Å²) < 4.78 is 15.4. The highest BCUT2D eigenvalue weighted by molar-refractivity contribution is 6.15. The minimum Gasteiger partial charge on any atom is -0.464 e. The molecule has 0 N–H and O–H groups in total. The first-order chi connectivity index (χ1) is 10.5. The lowest BCUT2D eigenvalue weighted by atomic mass is 10.1.